The predicted molar refractivity (Wildman–Crippen MR) is 66.7 cm³/mol. The second-order valence-corrected chi connectivity index (χ2v) is 4.45. The van der Waals surface area contributed by atoms with Crippen molar-refractivity contribution < 1.29 is 9.53 Å². The summed E-state index contributed by atoms with van der Waals surface area (Å²) in [5, 5.41) is 4.14. The summed E-state index contributed by atoms with van der Waals surface area (Å²) in [5.41, 5.74) is 6.32. The van der Waals surface area contributed by atoms with Crippen LogP contribution in [0, 0.1) is 5.92 Å². The van der Waals surface area contributed by atoms with E-state index in [9.17, 15) is 4.79 Å². The van der Waals surface area contributed by atoms with Gasteiger partial charge in [0.2, 0.25) is 0 Å². The van der Waals surface area contributed by atoms with Crippen LogP contribution < -0.4 is 5.73 Å². The van der Waals surface area contributed by atoms with Crippen LogP contribution in [-0.2, 0) is 11.3 Å². The van der Waals surface area contributed by atoms with Crippen LogP contribution >= 0.6 is 0 Å². The number of aromatic nitrogens is 2. The van der Waals surface area contributed by atoms with Gasteiger partial charge in [-0.3, -0.25) is 4.68 Å². The standard InChI is InChI=1S/C12H21N3O2/c1-4-17-12(16)11-10(13)8-15(14-11)7-5-6-9(2)3/h8-9H,4-7,13H2,1-3H3. The second-order valence-electron chi connectivity index (χ2n) is 4.45. The molecule has 0 radical (unpaired) electrons. The number of nitrogen functional groups attached to an aromatic ring is 1. The van der Waals surface area contributed by atoms with Gasteiger partial charge in [-0.15, -0.1) is 0 Å². The fourth-order valence-corrected chi connectivity index (χ4v) is 1.57. The molecule has 0 saturated carbocycles. The molecular weight excluding hydrogens is 218 g/mol. The van der Waals surface area contributed by atoms with E-state index in [1.807, 2.05) is 0 Å². The fourth-order valence-electron chi connectivity index (χ4n) is 1.57. The predicted octanol–water partition coefficient (Wildman–Crippen LogP) is 2.08. The molecule has 0 aliphatic heterocycles. The van der Waals surface area contributed by atoms with Crippen molar-refractivity contribution in [2.75, 3.05) is 12.3 Å². The van der Waals surface area contributed by atoms with E-state index in [4.69, 9.17) is 10.5 Å². The summed E-state index contributed by atoms with van der Waals surface area (Å²) in [6, 6.07) is 0. The molecule has 0 bridgehead atoms. The first-order chi connectivity index (χ1) is 8.04. The molecule has 0 spiro atoms. The summed E-state index contributed by atoms with van der Waals surface area (Å²) in [6.45, 7) is 7.23. The second kappa shape index (κ2) is 6.27. The van der Waals surface area contributed by atoms with E-state index >= 15 is 0 Å². The van der Waals surface area contributed by atoms with Gasteiger partial charge in [-0.25, -0.2) is 4.79 Å². The Bertz CT molecular complexity index is 372. The van der Waals surface area contributed by atoms with E-state index in [1.54, 1.807) is 17.8 Å². The third kappa shape index (κ3) is 4.09. The summed E-state index contributed by atoms with van der Waals surface area (Å²) < 4.78 is 6.58. The molecule has 1 aromatic heterocycles. The number of hydrogen-bond donors (Lipinski definition) is 1. The Hall–Kier alpha value is -1.52. The van der Waals surface area contributed by atoms with Crippen molar-refractivity contribution in [1.29, 1.82) is 0 Å². The van der Waals surface area contributed by atoms with E-state index in [-0.39, 0.29) is 5.69 Å². The topological polar surface area (TPSA) is 70.1 Å². The van der Waals surface area contributed by atoms with E-state index in [0.29, 0.717) is 18.2 Å². The van der Waals surface area contributed by atoms with Crippen molar-refractivity contribution in [3.8, 4) is 0 Å². The van der Waals surface area contributed by atoms with Crippen LogP contribution in [0.25, 0.3) is 0 Å². The van der Waals surface area contributed by atoms with Crippen LogP contribution in [0.15, 0.2) is 6.20 Å². The zero-order valence-electron chi connectivity index (χ0n) is 10.8. The lowest BCUT2D eigenvalue weighted by atomic mass is 10.1. The summed E-state index contributed by atoms with van der Waals surface area (Å²) in [5.74, 6) is 0.222. The fraction of sp³-hybridized carbons (Fsp3) is 0.667. The molecule has 5 nitrogen and oxygen atoms in total. The molecule has 1 rings (SSSR count). The molecule has 0 amide bonds. The van der Waals surface area contributed by atoms with Crippen LogP contribution in [0.2, 0.25) is 0 Å². The minimum absolute atomic E-state index is 0.219. The van der Waals surface area contributed by atoms with Crippen molar-refractivity contribution in [3.05, 3.63) is 11.9 Å². The normalized spacial score (nSPS) is 10.8. The van der Waals surface area contributed by atoms with E-state index in [1.165, 1.54) is 0 Å². The molecule has 0 aliphatic rings. The van der Waals surface area contributed by atoms with Gasteiger partial charge in [0.15, 0.2) is 5.69 Å². The quantitative estimate of drug-likeness (QED) is 0.771. The van der Waals surface area contributed by atoms with Crippen LogP contribution in [0.3, 0.4) is 0 Å². The Balaban J connectivity index is 2.58. The highest BCUT2D eigenvalue weighted by Gasteiger charge is 2.15. The molecule has 5 heteroatoms. The third-order valence-corrected chi connectivity index (χ3v) is 2.43. The molecule has 0 atom stereocenters. The van der Waals surface area contributed by atoms with Gasteiger partial charge in [-0.05, 0) is 25.7 Å². The Labute approximate surface area is 102 Å². The highest BCUT2D eigenvalue weighted by molar-refractivity contribution is 5.92. The molecule has 0 saturated heterocycles. The molecule has 1 aromatic rings. The number of anilines is 1. The number of aryl methyl sites for hydroxylation is 1. The van der Waals surface area contributed by atoms with Crippen LogP contribution in [0.5, 0.6) is 0 Å². The number of ether oxygens (including phenoxy) is 1. The molecule has 0 fully saturated rings. The maximum atomic E-state index is 11.5. The highest BCUT2D eigenvalue weighted by atomic mass is 16.5. The molecule has 96 valence electrons. The third-order valence-electron chi connectivity index (χ3n) is 2.43. The molecule has 1 heterocycles. The van der Waals surface area contributed by atoms with Crippen LogP contribution in [0.4, 0.5) is 5.69 Å². The number of esters is 1. The lowest BCUT2D eigenvalue weighted by Gasteiger charge is -2.04. The van der Waals surface area contributed by atoms with Crippen molar-refractivity contribution >= 4 is 11.7 Å². The maximum absolute atomic E-state index is 11.5. The van der Waals surface area contributed by atoms with Crippen LogP contribution in [-0.4, -0.2) is 22.4 Å². The molecule has 0 aliphatic carbocycles. The van der Waals surface area contributed by atoms with Crippen molar-refractivity contribution in [1.82, 2.24) is 9.78 Å². The zero-order valence-corrected chi connectivity index (χ0v) is 10.8. The Morgan fingerprint density at radius 2 is 2.29 bits per heavy atom. The van der Waals surface area contributed by atoms with Gasteiger partial charge in [0, 0.05) is 12.7 Å². The van der Waals surface area contributed by atoms with Gasteiger partial charge in [-0.2, -0.15) is 5.10 Å². The maximum Gasteiger partial charge on any atom is 0.361 e. The number of nitrogens with two attached hydrogens (primary N) is 1. The summed E-state index contributed by atoms with van der Waals surface area (Å²) in [6.07, 6.45) is 3.85. The van der Waals surface area contributed by atoms with Gasteiger partial charge >= 0.3 is 5.97 Å². The monoisotopic (exact) mass is 239 g/mol. The lowest BCUT2D eigenvalue weighted by molar-refractivity contribution is 0.0519. The molecule has 2 N–H and O–H groups in total. The minimum Gasteiger partial charge on any atom is -0.461 e. The van der Waals surface area contributed by atoms with Crippen molar-refractivity contribution in [2.24, 2.45) is 5.92 Å². The smallest absolute Gasteiger partial charge is 0.361 e. The highest BCUT2D eigenvalue weighted by Crippen LogP contribution is 2.12. The zero-order chi connectivity index (χ0) is 12.8. The van der Waals surface area contributed by atoms with E-state index in [2.05, 4.69) is 18.9 Å². The molecular formula is C12H21N3O2. The van der Waals surface area contributed by atoms with Gasteiger partial charge in [0.25, 0.3) is 0 Å². The van der Waals surface area contributed by atoms with Crippen molar-refractivity contribution in [3.63, 3.8) is 0 Å². The average Bonchev–Trinajstić information content (AvgIpc) is 2.59. The van der Waals surface area contributed by atoms with Crippen molar-refractivity contribution in [2.45, 2.75) is 40.2 Å². The average molecular weight is 239 g/mol. The summed E-state index contributed by atoms with van der Waals surface area (Å²) in [4.78, 5) is 11.5. The summed E-state index contributed by atoms with van der Waals surface area (Å²) in [7, 11) is 0. The Morgan fingerprint density at radius 1 is 1.59 bits per heavy atom. The van der Waals surface area contributed by atoms with Gasteiger partial charge in [0.1, 0.15) is 0 Å². The SMILES string of the molecule is CCOC(=O)c1nn(CCCC(C)C)cc1N. The first-order valence-corrected chi connectivity index (χ1v) is 6.04. The first kappa shape index (κ1) is 13.5. The van der Waals surface area contributed by atoms with Gasteiger partial charge in [0.05, 0.1) is 12.3 Å². The summed E-state index contributed by atoms with van der Waals surface area (Å²) >= 11 is 0. The number of nitrogens with zero attached hydrogens (tertiary/aromatic N) is 2. The molecule has 0 aromatic carbocycles. The molecule has 0 unspecified atom stereocenters. The Morgan fingerprint density at radius 3 is 2.88 bits per heavy atom. The van der Waals surface area contributed by atoms with Crippen LogP contribution in [0.1, 0.15) is 44.1 Å². The van der Waals surface area contributed by atoms with E-state index < -0.39 is 5.97 Å². The lowest BCUT2D eigenvalue weighted by Crippen LogP contribution is -2.09. The van der Waals surface area contributed by atoms with Gasteiger partial charge in [-0.1, -0.05) is 13.8 Å². The number of carbonyl (C=O) groups excluding carboxylic acids is 1. The molecule has 17 heavy (non-hydrogen) atoms. The van der Waals surface area contributed by atoms with Gasteiger partial charge < -0.3 is 10.5 Å². The number of hydrogen-bond acceptors (Lipinski definition) is 4. The first-order valence-electron chi connectivity index (χ1n) is 6.04. The minimum atomic E-state index is -0.451. The number of rotatable bonds is 6. The largest absolute Gasteiger partial charge is 0.461 e. The van der Waals surface area contributed by atoms with E-state index in [0.717, 1.165) is 19.4 Å². The Kier molecular flexibility index (Phi) is 5.00. The number of carbonyl (C=O) groups is 1.